The lowest BCUT2D eigenvalue weighted by Gasteiger charge is -2.24. The third-order valence-corrected chi connectivity index (χ3v) is 7.59. The van der Waals surface area contributed by atoms with Crippen molar-refractivity contribution in [3.8, 4) is 0 Å². The highest BCUT2D eigenvalue weighted by molar-refractivity contribution is 9.10. The number of aromatic nitrogens is 1. The molecule has 0 aliphatic carbocycles. The molecule has 0 unspecified atom stereocenters. The van der Waals surface area contributed by atoms with Gasteiger partial charge in [-0.25, -0.2) is 9.79 Å². The minimum absolute atomic E-state index is 0.0907. The SMILES string of the molecule is CCOC(=O)C1=C(C)N=c2s/c(=C/c3ccc(C)c(Br)c3)c(=O)n2[C@H]1c1ccc(C)c([N+](=O)[O-])c1. The Labute approximate surface area is 213 Å². The number of carbonyl (C=O) groups is 1. The Balaban J connectivity index is 1.99. The summed E-state index contributed by atoms with van der Waals surface area (Å²) in [6.07, 6.45) is 1.77. The van der Waals surface area contributed by atoms with Gasteiger partial charge in [-0.05, 0) is 56.5 Å². The molecule has 0 N–H and O–H groups in total. The van der Waals surface area contributed by atoms with Crippen molar-refractivity contribution in [2.75, 3.05) is 6.61 Å². The van der Waals surface area contributed by atoms with E-state index in [2.05, 4.69) is 20.9 Å². The van der Waals surface area contributed by atoms with Crippen LogP contribution in [-0.4, -0.2) is 22.1 Å². The zero-order valence-corrected chi connectivity index (χ0v) is 21.9. The molecule has 1 atom stereocenters. The van der Waals surface area contributed by atoms with Gasteiger partial charge in [0.2, 0.25) is 0 Å². The van der Waals surface area contributed by atoms with Gasteiger partial charge in [0.05, 0.1) is 33.4 Å². The second kappa shape index (κ2) is 9.71. The predicted octanol–water partition coefficient (Wildman–Crippen LogP) is 4.09. The third-order valence-electron chi connectivity index (χ3n) is 5.76. The number of nitrogens with zero attached hydrogens (tertiary/aromatic N) is 3. The van der Waals surface area contributed by atoms with Gasteiger partial charge in [0, 0.05) is 16.1 Å². The number of ether oxygens (including phenoxy) is 1. The summed E-state index contributed by atoms with van der Waals surface area (Å²) in [5.41, 5.74) is 2.97. The number of allylic oxidation sites excluding steroid dienone is 1. The van der Waals surface area contributed by atoms with Crippen LogP contribution in [0.1, 0.15) is 42.1 Å². The van der Waals surface area contributed by atoms with Crippen LogP contribution in [-0.2, 0) is 9.53 Å². The first-order valence-electron chi connectivity index (χ1n) is 10.8. The number of esters is 1. The maximum absolute atomic E-state index is 13.6. The number of halogens is 1. The second-order valence-electron chi connectivity index (χ2n) is 8.11. The fraction of sp³-hybridized carbons (Fsp3) is 0.240. The maximum Gasteiger partial charge on any atom is 0.338 e. The number of nitro groups is 1. The molecule has 1 aliphatic heterocycles. The van der Waals surface area contributed by atoms with E-state index in [0.29, 0.717) is 26.2 Å². The summed E-state index contributed by atoms with van der Waals surface area (Å²) in [6.45, 7) is 7.12. The van der Waals surface area contributed by atoms with E-state index in [-0.39, 0.29) is 23.4 Å². The normalized spacial score (nSPS) is 15.6. The van der Waals surface area contributed by atoms with Crippen molar-refractivity contribution >= 4 is 45.0 Å². The van der Waals surface area contributed by atoms with Crippen molar-refractivity contribution in [1.29, 1.82) is 0 Å². The lowest BCUT2D eigenvalue weighted by Crippen LogP contribution is -2.40. The van der Waals surface area contributed by atoms with Gasteiger partial charge in [-0.15, -0.1) is 0 Å². The Bertz CT molecular complexity index is 1590. The zero-order valence-electron chi connectivity index (χ0n) is 19.5. The Morgan fingerprint density at radius 3 is 2.60 bits per heavy atom. The molecule has 8 nitrogen and oxygen atoms in total. The molecular weight excluding hydrogens is 534 g/mol. The molecule has 1 aliphatic rings. The van der Waals surface area contributed by atoms with E-state index in [1.165, 1.54) is 22.0 Å². The summed E-state index contributed by atoms with van der Waals surface area (Å²) in [7, 11) is 0. The number of fused-ring (bicyclic) bond motifs is 1. The van der Waals surface area contributed by atoms with Gasteiger partial charge in [0.1, 0.15) is 0 Å². The first-order chi connectivity index (χ1) is 16.6. The molecule has 0 bridgehead atoms. The minimum Gasteiger partial charge on any atom is -0.463 e. The van der Waals surface area contributed by atoms with Crippen molar-refractivity contribution in [3.05, 3.63) is 104 Å². The Kier molecular flexibility index (Phi) is 6.86. The molecule has 2 heterocycles. The molecular formula is C25H22BrN3O5S. The van der Waals surface area contributed by atoms with Crippen LogP contribution in [0.4, 0.5) is 5.69 Å². The highest BCUT2D eigenvalue weighted by atomic mass is 79.9. The summed E-state index contributed by atoms with van der Waals surface area (Å²) in [6, 6.07) is 9.59. The predicted molar refractivity (Wildman–Crippen MR) is 137 cm³/mol. The molecule has 0 spiro atoms. The smallest absolute Gasteiger partial charge is 0.338 e. The zero-order chi connectivity index (χ0) is 25.4. The fourth-order valence-electron chi connectivity index (χ4n) is 3.95. The van der Waals surface area contributed by atoms with Crippen molar-refractivity contribution in [3.63, 3.8) is 0 Å². The van der Waals surface area contributed by atoms with Gasteiger partial charge in [-0.1, -0.05) is 51.5 Å². The minimum atomic E-state index is -0.906. The highest BCUT2D eigenvalue weighted by Gasteiger charge is 2.34. The summed E-state index contributed by atoms with van der Waals surface area (Å²) < 4.78 is 8.05. The van der Waals surface area contributed by atoms with E-state index in [9.17, 15) is 19.7 Å². The Morgan fingerprint density at radius 2 is 1.94 bits per heavy atom. The molecule has 0 saturated heterocycles. The van der Waals surface area contributed by atoms with Crippen molar-refractivity contribution in [2.45, 2.75) is 33.7 Å². The summed E-state index contributed by atoms with van der Waals surface area (Å²) in [4.78, 5) is 42.7. The molecule has 0 amide bonds. The molecule has 3 aromatic rings. The number of thiazole rings is 1. The van der Waals surface area contributed by atoms with E-state index in [1.807, 2.05) is 25.1 Å². The van der Waals surface area contributed by atoms with E-state index < -0.39 is 16.9 Å². The van der Waals surface area contributed by atoms with Crippen LogP contribution < -0.4 is 14.9 Å². The number of carbonyl (C=O) groups excluding carboxylic acids is 1. The van der Waals surface area contributed by atoms with Gasteiger partial charge in [0.25, 0.3) is 11.2 Å². The van der Waals surface area contributed by atoms with E-state index in [0.717, 1.165) is 15.6 Å². The molecule has 1 aromatic heterocycles. The lowest BCUT2D eigenvalue weighted by molar-refractivity contribution is -0.385. The van der Waals surface area contributed by atoms with Gasteiger partial charge >= 0.3 is 5.97 Å². The molecule has 35 heavy (non-hydrogen) atoms. The standard InChI is InChI=1S/C25H22BrN3O5S/c1-5-34-24(31)21-15(4)27-25-28(22(21)17-9-7-14(3)19(12-17)29(32)33)23(30)20(35-25)11-16-8-6-13(2)18(26)10-16/h6-12,22H,5H2,1-4H3/b20-11+/t22-/m0/s1. The quantitative estimate of drug-likeness (QED) is 0.268. The maximum atomic E-state index is 13.6. The van der Waals surface area contributed by atoms with Crippen LogP contribution in [0, 0.1) is 24.0 Å². The van der Waals surface area contributed by atoms with Crippen LogP contribution >= 0.6 is 27.3 Å². The average Bonchev–Trinajstić information content (AvgIpc) is 3.10. The van der Waals surface area contributed by atoms with Crippen LogP contribution in [0.3, 0.4) is 0 Å². The van der Waals surface area contributed by atoms with Gasteiger partial charge in [0.15, 0.2) is 4.80 Å². The van der Waals surface area contributed by atoms with Gasteiger partial charge in [-0.3, -0.25) is 19.5 Å². The van der Waals surface area contributed by atoms with Gasteiger partial charge < -0.3 is 4.74 Å². The van der Waals surface area contributed by atoms with E-state index in [4.69, 9.17) is 4.74 Å². The Hall–Kier alpha value is -3.37. The van der Waals surface area contributed by atoms with Crippen molar-refractivity contribution in [1.82, 2.24) is 4.57 Å². The van der Waals surface area contributed by atoms with Crippen LogP contribution in [0.2, 0.25) is 0 Å². The largest absolute Gasteiger partial charge is 0.463 e. The van der Waals surface area contributed by atoms with E-state index >= 15 is 0 Å². The number of benzene rings is 2. The Morgan fingerprint density at radius 1 is 1.23 bits per heavy atom. The molecule has 2 aromatic carbocycles. The van der Waals surface area contributed by atoms with E-state index in [1.54, 1.807) is 39.0 Å². The first kappa shape index (κ1) is 24.7. The summed E-state index contributed by atoms with van der Waals surface area (Å²) in [5.74, 6) is -0.612. The molecule has 4 rings (SSSR count). The number of rotatable bonds is 5. The molecule has 0 saturated carbocycles. The summed E-state index contributed by atoms with van der Waals surface area (Å²) in [5, 5.41) is 11.6. The number of aryl methyl sites for hydroxylation is 2. The molecule has 10 heteroatoms. The average molecular weight is 556 g/mol. The number of hydrogen-bond donors (Lipinski definition) is 0. The first-order valence-corrected chi connectivity index (χ1v) is 12.4. The number of nitro benzene ring substituents is 1. The topological polar surface area (TPSA) is 104 Å². The van der Waals surface area contributed by atoms with Crippen LogP contribution in [0.15, 0.2) is 61.9 Å². The number of hydrogen-bond acceptors (Lipinski definition) is 7. The highest BCUT2D eigenvalue weighted by Crippen LogP contribution is 2.33. The van der Waals surface area contributed by atoms with Crippen molar-refractivity contribution in [2.24, 2.45) is 4.99 Å². The summed E-state index contributed by atoms with van der Waals surface area (Å²) >= 11 is 4.72. The molecule has 0 radical (unpaired) electrons. The molecule has 180 valence electrons. The van der Waals surface area contributed by atoms with Crippen LogP contribution in [0.5, 0.6) is 0 Å². The molecule has 0 fully saturated rings. The van der Waals surface area contributed by atoms with Crippen molar-refractivity contribution < 1.29 is 14.5 Å². The second-order valence-corrected chi connectivity index (χ2v) is 9.98. The van der Waals surface area contributed by atoms with Gasteiger partial charge in [-0.2, -0.15) is 0 Å². The third kappa shape index (κ3) is 4.63. The fourth-order valence-corrected chi connectivity index (χ4v) is 5.39. The lowest BCUT2D eigenvalue weighted by atomic mass is 9.94. The monoisotopic (exact) mass is 555 g/mol. The van der Waals surface area contributed by atoms with Crippen LogP contribution in [0.25, 0.3) is 6.08 Å².